The number of nitrogens with two attached hydrogens (primary N) is 1. The fourth-order valence-electron chi connectivity index (χ4n) is 3.05. The average molecular weight is 209 g/mol. The number of Topliss-reactive ketones (excluding diaryl/α,β-unsaturated/α-hetero) is 1. The Morgan fingerprint density at radius 1 is 1.07 bits per heavy atom. The van der Waals surface area contributed by atoms with Crippen molar-refractivity contribution in [2.45, 2.75) is 51.4 Å². The molecule has 2 nitrogen and oxygen atoms in total. The van der Waals surface area contributed by atoms with Gasteiger partial charge < -0.3 is 5.73 Å². The molecule has 86 valence electrons. The molecule has 2 aliphatic carbocycles. The van der Waals surface area contributed by atoms with Crippen LogP contribution in [0.1, 0.15) is 51.4 Å². The first-order chi connectivity index (χ1) is 7.31. The Morgan fingerprint density at radius 3 is 2.40 bits per heavy atom. The number of hydrogen-bond donors (Lipinski definition) is 1. The van der Waals surface area contributed by atoms with E-state index < -0.39 is 0 Å². The zero-order chi connectivity index (χ0) is 10.7. The molecule has 15 heavy (non-hydrogen) atoms. The van der Waals surface area contributed by atoms with Crippen molar-refractivity contribution in [3.63, 3.8) is 0 Å². The summed E-state index contributed by atoms with van der Waals surface area (Å²) in [6.45, 7) is 0.709. The first-order valence-electron chi connectivity index (χ1n) is 6.54. The lowest BCUT2D eigenvalue weighted by Gasteiger charge is -2.32. The third-order valence-corrected chi connectivity index (χ3v) is 4.34. The minimum Gasteiger partial charge on any atom is -0.330 e. The maximum Gasteiger partial charge on any atom is 0.136 e. The molecule has 2 unspecified atom stereocenters. The molecule has 2 heteroatoms. The highest BCUT2D eigenvalue weighted by molar-refractivity contribution is 5.81. The van der Waals surface area contributed by atoms with Crippen molar-refractivity contribution < 1.29 is 4.79 Å². The van der Waals surface area contributed by atoms with Crippen LogP contribution in [0.25, 0.3) is 0 Å². The molecule has 2 atom stereocenters. The zero-order valence-corrected chi connectivity index (χ0v) is 9.58. The van der Waals surface area contributed by atoms with Gasteiger partial charge in [0, 0.05) is 12.3 Å². The van der Waals surface area contributed by atoms with Crippen molar-refractivity contribution in [3.8, 4) is 0 Å². The van der Waals surface area contributed by atoms with Crippen molar-refractivity contribution in [2.24, 2.45) is 23.5 Å². The molecule has 0 saturated heterocycles. The summed E-state index contributed by atoms with van der Waals surface area (Å²) in [5.41, 5.74) is 5.76. The lowest BCUT2D eigenvalue weighted by molar-refractivity contribution is -0.127. The molecule has 0 aromatic rings. The molecule has 2 fully saturated rings. The molecule has 0 aromatic carbocycles. The van der Waals surface area contributed by atoms with Crippen LogP contribution in [0.5, 0.6) is 0 Å². The molecule has 0 aliphatic heterocycles. The van der Waals surface area contributed by atoms with Gasteiger partial charge in [-0.25, -0.2) is 0 Å². The van der Waals surface area contributed by atoms with Gasteiger partial charge in [0.05, 0.1) is 0 Å². The van der Waals surface area contributed by atoms with E-state index in [-0.39, 0.29) is 0 Å². The van der Waals surface area contributed by atoms with E-state index in [1.165, 1.54) is 38.5 Å². The molecule has 2 rings (SSSR count). The highest BCUT2D eigenvalue weighted by Crippen LogP contribution is 2.35. The van der Waals surface area contributed by atoms with Gasteiger partial charge in [-0.15, -0.1) is 0 Å². The summed E-state index contributed by atoms with van der Waals surface area (Å²) >= 11 is 0. The quantitative estimate of drug-likeness (QED) is 0.773. The lowest BCUT2D eigenvalue weighted by atomic mass is 9.72. The smallest absolute Gasteiger partial charge is 0.136 e. The second-order valence-electron chi connectivity index (χ2n) is 5.35. The van der Waals surface area contributed by atoms with Crippen LogP contribution in [-0.2, 0) is 4.79 Å². The highest BCUT2D eigenvalue weighted by Gasteiger charge is 2.31. The van der Waals surface area contributed by atoms with E-state index in [0.717, 1.165) is 18.8 Å². The van der Waals surface area contributed by atoms with Crippen LogP contribution in [-0.4, -0.2) is 12.3 Å². The molecule has 0 bridgehead atoms. The Balaban J connectivity index is 1.85. The van der Waals surface area contributed by atoms with Gasteiger partial charge in [-0.2, -0.15) is 0 Å². The second-order valence-corrected chi connectivity index (χ2v) is 5.35. The largest absolute Gasteiger partial charge is 0.330 e. The third-order valence-electron chi connectivity index (χ3n) is 4.34. The lowest BCUT2D eigenvalue weighted by Crippen LogP contribution is -2.33. The normalized spacial score (nSPS) is 32.3. The topological polar surface area (TPSA) is 43.1 Å². The molecular weight excluding hydrogens is 186 g/mol. The van der Waals surface area contributed by atoms with Crippen molar-refractivity contribution in [3.05, 3.63) is 0 Å². The van der Waals surface area contributed by atoms with E-state index in [1.807, 2.05) is 0 Å². The average Bonchev–Trinajstić information content (AvgIpc) is 2.23. The van der Waals surface area contributed by atoms with Crippen LogP contribution in [0.3, 0.4) is 0 Å². The first kappa shape index (κ1) is 11.1. The Labute approximate surface area is 92.6 Å². The Morgan fingerprint density at radius 2 is 1.80 bits per heavy atom. The van der Waals surface area contributed by atoms with E-state index >= 15 is 0 Å². The Bertz CT molecular complexity index is 223. The van der Waals surface area contributed by atoms with Crippen LogP contribution in [0.15, 0.2) is 0 Å². The summed E-state index contributed by atoms with van der Waals surface area (Å²) in [6.07, 6.45) is 9.54. The van der Waals surface area contributed by atoms with Crippen molar-refractivity contribution in [2.75, 3.05) is 6.54 Å². The van der Waals surface area contributed by atoms with Gasteiger partial charge in [-0.1, -0.05) is 32.1 Å². The summed E-state index contributed by atoms with van der Waals surface area (Å²) in [4.78, 5) is 12.1. The summed E-state index contributed by atoms with van der Waals surface area (Å²) in [7, 11) is 0. The van der Waals surface area contributed by atoms with Gasteiger partial charge >= 0.3 is 0 Å². The van der Waals surface area contributed by atoms with E-state index in [4.69, 9.17) is 5.73 Å². The van der Waals surface area contributed by atoms with Gasteiger partial charge in [0.15, 0.2) is 0 Å². The van der Waals surface area contributed by atoms with E-state index in [9.17, 15) is 4.79 Å². The summed E-state index contributed by atoms with van der Waals surface area (Å²) < 4.78 is 0. The van der Waals surface area contributed by atoms with Gasteiger partial charge in [0.1, 0.15) is 5.78 Å². The molecule has 0 heterocycles. The van der Waals surface area contributed by atoms with Crippen LogP contribution < -0.4 is 5.73 Å². The number of ketones is 1. The molecule has 2 saturated carbocycles. The van der Waals surface area contributed by atoms with Crippen molar-refractivity contribution in [1.29, 1.82) is 0 Å². The fraction of sp³-hybridized carbons (Fsp3) is 0.923. The highest BCUT2D eigenvalue weighted by atomic mass is 16.1. The van der Waals surface area contributed by atoms with E-state index in [1.54, 1.807) is 0 Å². The maximum atomic E-state index is 12.1. The molecule has 0 radical (unpaired) electrons. The van der Waals surface area contributed by atoms with Gasteiger partial charge in [-0.3, -0.25) is 4.79 Å². The minimum atomic E-state index is 0.310. The molecule has 0 amide bonds. The predicted octanol–water partition coefficient (Wildman–Crippen LogP) is 2.51. The summed E-state index contributed by atoms with van der Waals surface area (Å²) in [5, 5.41) is 0. The number of carbonyl (C=O) groups excluding carboxylic acids is 1. The fourth-order valence-corrected chi connectivity index (χ4v) is 3.05. The molecule has 2 aliphatic rings. The Hall–Kier alpha value is -0.370. The molecular formula is C13H23NO. The third kappa shape index (κ3) is 2.60. The summed E-state index contributed by atoms with van der Waals surface area (Å²) in [6, 6.07) is 0. The van der Waals surface area contributed by atoms with Crippen molar-refractivity contribution >= 4 is 5.78 Å². The number of carbonyl (C=O) groups is 1. The van der Waals surface area contributed by atoms with E-state index in [0.29, 0.717) is 24.2 Å². The number of rotatable bonds is 4. The zero-order valence-electron chi connectivity index (χ0n) is 9.58. The molecule has 0 aromatic heterocycles. The van der Waals surface area contributed by atoms with Gasteiger partial charge in [0.2, 0.25) is 0 Å². The SMILES string of the molecule is NCC1CCCCC1C(=O)CC1CCC1. The van der Waals surface area contributed by atoms with Crippen LogP contribution >= 0.6 is 0 Å². The standard InChI is InChI=1S/C13H23NO/c14-9-11-6-1-2-7-12(11)13(15)8-10-4-3-5-10/h10-12H,1-9,14H2. The number of hydrogen-bond acceptors (Lipinski definition) is 2. The summed E-state index contributed by atoms with van der Waals surface area (Å²) in [5.74, 6) is 2.04. The molecule has 2 N–H and O–H groups in total. The van der Waals surface area contributed by atoms with Gasteiger partial charge in [0.25, 0.3) is 0 Å². The van der Waals surface area contributed by atoms with Crippen LogP contribution in [0.4, 0.5) is 0 Å². The second kappa shape index (κ2) is 5.11. The maximum absolute atomic E-state index is 12.1. The molecule has 0 spiro atoms. The van der Waals surface area contributed by atoms with Crippen LogP contribution in [0.2, 0.25) is 0 Å². The predicted molar refractivity (Wildman–Crippen MR) is 61.5 cm³/mol. The minimum absolute atomic E-state index is 0.310. The first-order valence-corrected chi connectivity index (χ1v) is 6.54. The van der Waals surface area contributed by atoms with E-state index in [2.05, 4.69) is 0 Å². The van der Waals surface area contributed by atoms with Crippen LogP contribution in [0, 0.1) is 17.8 Å². The van der Waals surface area contributed by atoms with Gasteiger partial charge in [-0.05, 0) is 31.2 Å². The Kier molecular flexibility index (Phi) is 3.79. The monoisotopic (exact) mass is 209 g/mol. The van der Waals surface area contributed by atoms with Crippen molar-refractivity contribution in [1.82, 2.24) is 0 Å².